The first kappa shape index (κ1) is 15.0. The van der Waals surface area contributed by atoms with E-state index in [1.54, 1.807) is 6.92 Å². The zero-order chi connectivity index (χ0) is 14.7. The Kier molecular flexibility index (Phi) is 4.75. The zero-order valence-electron chi connectivity index (χ0n) is 11.8. The van der Waals surface area contributed by atoms with Gasteiger partial charge < -0.3 is 14.9 Å². The van der Waals surface area contributed by atoms with Crippen LogP contribution in [0.3, 0.4) is 0 Å². The van der Waals surface area contributed by atoms with Crippen molar-refractivity contribution < 1.29 is 19.7 Å². The monoisotopic (exact) mass is 279 g/mol. The third kappa shape index (κ3) is 3.17. The van der Waals surface area contributed by atoms with Crippen molar-refractivity contribution >= 4 is 5.97 Å². The number of benzene rings is 1. The first-order valence-corrected chi connectivity index (χ1v) is 6.89. The molecule has 0 bridgehead atoms. The lowest BCUT2D eigenvalue weighted by Crippen LogP contribution is -2.40. The topological polar surface area (TPSA) is 69.8 Å². The quantitative estimate of drug-likeness (QED) is 0.593. The summed E-state index contributed by atoms with van der Waals surface area (Å²) in [5, 5.41) is 19.8. The molecule has 2 N–H and O–H groups in total. The number of ether oxygens (including phenoxy) is 1. The number of rotatable bonds is 6. The second-order valence-electron chi connectivity index (χ2n) is 5.04. The first-order chi connectivity index (χ1) is 9.56. The van der Waals surface area contributed by atoms with Crippen LogP contribution in [-0.4, -0.2) is 52.5 Å². The molecule has 1 aromatic carbocycles. The molecule has 1 fully saturated rings. The summed E-state index contributed by atoms with van der Waals surface area (Å²) < 4.78 is 4.72. The predicted molar refractivity (Wildman–Crippen MR) is 74.0 cm³/mol. The van der Waals surface area contributed by atoms with Gasteiger partial charge in [-0.05, 0) is 19.4 Å². The van der Waals surface area contributed by atoms with E-state index < -0.39 is 18.2 Å². The SMILES string of the molecule is CCOC(=O)[C@H](O)[C@@H](O)[C@@H]1CN1[C@H](C)c1ccccc1. The van der Waals surface area contributed by atoms with Crippen LogP contribution in [0.5, 0.6) is 0 Å². The third-order valence-electron chi connectivity index (χ3n) is 3.72. The van der Waals surface area contributed by atoms with Gasteiger partial charge in [0.15, 0.2) is 6.10 Å². The van der Waals surface area contributed by atoms with Gasteiger partial charge in [0.05, 0.1) is 12.6 Å². The molecule has 20 heavy (non-hydrogen) atoms. The van der Waals surface area contributed by atoms with Gasteiger partial charge in [-0.15, -0.1) is 0 Å². The van der Waals surface area contributed by atoms with Crippen LogP contribution < -0.4 is 0 Å². The fraction of sp³-hybridized carbons (Fsp3) is 0.533. The zero-order valence-corrected chi connectivity index (χ0v) is 11.8. The lowest BCUT2D eigenvalue weighted by Gasteiger charge is -2.19. The number of aliphatic hydroxyl groups is 2. The maximum atomic E-state index is 11.4. The fourth-order valence-electron chi connectivity index (χ4n) is 2.42. The van der Waals surface area contributed by atoms with E-state index in [1.165, 1.54) is 0 Å². The van der Waals surface area contributed by atoms with E-state index in [-0.39, 0.29) is 18.7 Å². The van der Waals surface area contributed by atoms with Crippen LogP contribution in [0.1, 0.15) is 25.5 Å². The summed E-state index contributed by atoms with van der Waals surface area (Å²) in [4.78, 5) is 13.5. The second-order valence-corrected chi connectivity index (χ2v) is 5.04. The Bertz CT molecular complexity index is 450. The van der Waals surface area contributed by atoms with Gasteiger partial charge in [0.1, 0.15) is 6.10 Å². The Hall–Kier alpha value is -1.43. The number of carbonyl (C=O) groups excluding carboxylic acids is 1. The summed E-state index contributed by atoms with van der Waals surface area (Å²) in [6, 6.07) is 9.87. The van der Waals surface area contributed by atoms with Crippen molar-refractivity contribution in [1.29, 1.82) is 0 Å². The molecule has 5 atom stereocenters. The summed E-state index contributed by atoms with van der Waals surface area (Å²) in [5.74, 6) is -0.765. The average molecular weight is 279 g/mol. The van der Waals surface area contributed by atoms with Crippen molar-refractivity contribution in [2.45, 2.75) is 38.1 Å². The minimum atomic E-state index is -1.48. The van der Waals surface area contributed by atoms with Crippen LogP contribution in [0.2, 0.25) is 0 Å². The largest absolute Gasteiger partial charge is 0.464 e. The molecule has 1 aromatic rings. The number of esters is 1. The van der Waals surface area contributed by atoms with E-state index in [9.17, 15) is 15.0 Å². The fourth-order valence-corrected chi connectivity index (χ4v) is 2.42. The maximum Gasteiger partial charge on any atom is 0.337 e. The molecule has 2 rings (SSSR count). The second kappa shape index (κ2) is 6.35. The normalized spacial score (nSPS) is 25.6. The lowest BCUT2D eigenvalue weighted by molar-refractivity contribution is -0.159. The lowest BCUT2D eigenvalue weighted by atomic mass is 10.1. The molecule has 0 spiro atoms. The highest BCUT2D eigenvalue weighted by molar-refractivity contribution is 5.75. The molecule has 110 valence electrons. The van der Waals surface area contributed by atoms with Crippen LogP contribution in [-0.2, 0) is 9.53 Å². The van der Waals surface area contributed by atoms with Crippen molar-refractivity contribution in [3.63, 3.8) is 0 Å². The Morgan fingerprint density at radius 1 is 1.40 bits per heavy atom. The molecule has 1 heterocycles. The number of aliphatic hydroxyl groups excluding tert-OH is 2. The van der Waals surface area contributed by atoms with Crippen molar-refractivity contribution in [2.24, 2.45) is 0 Å². The molecular formula is C15H21NO4. The van der Waals surface area contributed by atoms with Gasteiger partial charge in [-0.1, -0.05) is 30.3 Å². The van der Waals surface area contributed by atoms with E-state index in [0.29, 0.717) is 6.54 Å². The highest BCUT2D eigenvalue weighted by atomic mass is 16.5. The predicted octanol–water partition coefficient (Wildman–Crippen LogP) is 0.717. The molecule has 5 nitrogen and oxygen atoms in total. The van der Waals surface area contributed by atoms with Crippen LogP contribution in [0.25, 0.3) is 0 Å². The molecule has 0 amide bonds. The smallest absolute Gasteiger partial charge is 0.337 e. The van der Waals surface area contributed by atoms with Gasteiger partial charge >= 0.3 is 5.97 Å². The van der Waals surface area contributed by atoms with Gasteiger partial charge in [-0.3, -0.25) is 4.90 Å². The Labute approximate surface area is 118 Å². The van der Waals surface area contributed by atoms with E-state index in [2.05, 4.69) is 0 Å². The number of hydrogen-bond donors (Lipinski definition) is 2. The van der Waals surface area contributed by atoms with E-state index >= 15 is 0 Å². The molecule has 1 unspecified atom stereocenters. The van der Waals surface area contributed by atoms with Gasteiger partial charge in [0.25, 0.3) is 0 Å². The molecular weight excluding hydrogens is 258 g/mol. The van der Waals surface area contributed by atoms with Gasteiger partial charge in [-0.25, -0.2) is 4.79 Å². The van der Waals surface area contributed by atoms with E-state index in [4.69, 9.17) is 4.74 Å². The van der Waals surface area contributed by atoms with Crippen LogP contribution in [0.15, 0.2) is 30.3 Å². The summed E-state index contributed by atoms with van der Waals surface area (Å²) in [6.45, 7) is 4.56. The summed E-state index contributed by atoms with van der Waals surface area (Å²) >= 11 is 0. The molecule has 1 saturated heterocycles. The molecule has 5 heteroatoms. The summed E-state index contributed by atoms with van der Waals surface area (Å²) in [7, 11) is 0. The van der Waals surface area contributed by atoms with Crippen LogP contribution in [0.4, 0.5) is 0 Å². The molecule has 0 saturated carbocycles. The van der Waals surface area contributed by atoms with Gasteiger partial charge in [-0.2, -0.15) is 0 Å². The molecule has 0 radical (unpaired) electrons. The van der Waals surface area contributed by atoms with Gasteiger partial charge in [0.2, 0.25) is 0 Å². The Morgan fingerprint density at radius 3 is 2.65 bits per heavy atom. The van der Waals surface area contributed by atoms with Crippen molar-refractivity contribution in [3.05, 3.63) is 35.9 Å². The van der Waals surface area contributed by atoms with Crippen molar-refractivity contribution in [2.75, 3.05) is 13.2 Å². The maximum absolute atomic E-state index is 11.4. The minimum absolute atomic E-state index is 0.144. The highest BCUT2D eigenvalue weighted by Gasteiger charge is 2.47. The number of carbonyl (C=O) groups is 1. The van der Waals surface area contributed by atoms with Crippen LogP contribution in [0, 0.1) is 0 Å². The number of nitrogens with zero attached hydrogens (tertiary/aromatic N) is 1. The molecule has 1 aliphatic rings. The molecule has 0 aliphatic carbocycles. The average Bonchev–Trinajstić information content (AvgIpc) is 3.26. The molecule has 0 aromatic heterocycles. The van der Waals surface area contributed by atoms with Crippen molar-refractivity contribution in [1.82, 2.24) is 4.90 Å². The molecule has 1 aliphatic heterocycles. The Morgan fingerprint density at radius 2 is 2.05 bits per heavy atom. The van der Waals surface area contributed by atoms with Crippen molar-refractivity contribution in [3.8, 4) is 0 Å². The highest BCUT2D eigenvalue weighted by Crippen LogP contribution is 2.34. The van der Waals surface area contributed by atoms with Crippen LogP contribution >= 0.6 is 0 Å². The first-order valence-electron chi connectivity index (χ1n) is 6.89. The summed E-state index contributed by atoms with van der Waals surface area (Å²) in [5.41, 5.74) is 1.15. The minimum Gasteiger partial charge on any atom is -0.464 e. The van der Waals surface area contributed by atoms with Gasteiger partial charge in [0, 0.05) is 12.6 Å². The Balaban J connectivity index is 1.92. The van der Waals surface area contributed by atoms with E-state index in [1.807, 2.05) is 42.2 Å². The standard InChI is InChI=1S/C15H21NO4/c1-3-20-15(19)14(18)13(17)12-9-16(12)10(2)11-7-5-4-6-8-11/h4-8,10,12-14,17-18H,3,9H2,1-2H3/t10-,12+,13+,14-,16?/m1/s1. The number of hydrogen-bond acceptors (Lipinski definition) is 5. The summed E-state index contributed by atoms with van der Waals surface area (Å²) in [6.07, 6.45) is -2.59. The van der Waals surface area contributed by atoms with E-state index in [0.717, 1.165) is 5.56 Å². The third-order valence-corrected chi connectivity index (χ3v) is 3.72.